The highest BCUT2D eigenvalue weighted by Gasteiger charge is 2.56. The maximum atomic E-state index is 13.3. The normalized spacial score (nSPS) is 20.0. The van der Waals surface area contributed by atoms with Gasteiger partial charge >= 0.3 is 12.1 Å². The van der Waals surface area contributed by atoms with Gasteiger partial charge in [-0.2, -0.15) is 0 Å². The number of hydrogen-bond acceptors (Lipinski definition) is 6. The molecule has 0 saturated carbocycles. The maximum absolute atomic E-state index is 13.3. The Balaban J connectivity index is 2.55. The van der Waals surface area contributed by atoms with E-state index in [-0.39, 0.29) is 36.9 Å². The SMILES string of the molecule is CCOC(=O)N1CCCCC1(C(=O)OCC)C(=O)c1cccnc1Cl. The first-order chi connectivity index (χ1) is 12.0. The highest BCUT2D eigenvalue weighted by molar-refractivity contribution is 6.34. The third-order valence-corrected chi connectivity index (χ3v) is 4.41. The number of ketones is 1. The molecule has 1 aliphatic heterocycles. The molecule has 7 nitrogen and oxygen atoms in total. The summed E-state index contributed by atoms with van der Waals surface area (Å²) in [6.45, 7) is 3.75. The topological polar surface area (TPSA) is 85.8 Å². The fourth-order valence-electron chi connectivity index (χ4n) is 2.99. The summed E-state index contributed by atoms with van der Waals surface area (Å²) in [6.07, 6.45) is 2.13. The van der Waals surface area contributed by atoms with Crippen molar-refractivity contribution in [3.05, 3.63) is 29.0 Å². The van der Waals surface area contributed by atoms with Crippen LogP contribution in [0.5, 0.6) is 0 Å². The molecule has 136 valence electrons. The Morgan fingerprint density at radius 3 is 2.60 bits per heavy atom. The third kappa shape index (κ3) is 3.61. The number of likely N-dealkylation sites (tertiary alicyclic amines) is 1. The predicted octanol–water partition coefficient (Wildman–Crippen LogP) is 2.86. The molecule has 0 spiro atoms. The molecule has 1 saturated heterocycles. The quantitative estimate of drug-likeness (QED) is 0.344. The molecule has 8 heteroatoms. The van der Waals surface area contributed by atoms with Crippen LogP contribution in [0.25, 0.3) is 0 Å². The number of hydrogen-bond donors (Lipinski definition) is 0. The van der Waals surface area contributed by atoms with Gasteiger partial charge in [0.25, 0.3) is 0 Å². The van der Waals surface area contributed by atoms with Crippen molar-refractivity contribution in [1.29, 1.82) is 0 Å². The molecule has 1 fully saturated rings. The summed E-state index contributed by atoms with van der Waals surface area (Å²) in [7, 11) is 0. The number of Topliss-reactive ketones (excluding diaryl/α,β-unsaturated/α-hetero) is 1. The van der Waals surface area contributed by atoms with Gasteiger partial charge in [0.1, 0.15) is 5.15 Å². The lowest BCUT2D eigenvalue weighted by atomic mass is 9.80. The van der Waals surface area contributed by atoms with E-state index in [2.05, 4.69) is 4.98 Å². The fourth-order valence-corrected chi connectivity index (χ4v) is 3.20. The summed E-state index contributed by atoms with van der Waals surface area (Å²) in [5, 5.41) is -0.0226. The van der Waals surface area contributed by atoms with Crippen molar-refractivity contribution in [3.8, 4) is 0 Å². The number of carbonyl (C=O) groups is 3. The Hall–Kier alpha value is -2.15. The number of piperidine rings is 1. The van der Waals surface area contributed by atoms with E-state index >= 15 is 0 Å². The number of carbonyl (C=O) groups excluding carboxylic acids is 3. The van der Waals surface area contributed by atoms with Crippen molar-refractivity contribution >= 4 is 29.4 Å². The summed E-state index contributed by atoms with van der Waals surface area (Å²) in [5.74, 6) is -1.37. The van der Waals surface area contributed by atoms with Gasteiger partial charge < -0.3 is 9.47 Å². The van der Waals surface area contributed by atoms with Crippen LogP contribution in [0, 0.1) is 0 Å². The van der Waals surface area contributed by atoms with E-state index in [1.54, 1.807) is 19.9 Å². The third-order valence-electron chi connectivity index (χ3n) is 4.11. The first kappa shape index (κ1) is 19.2. The second kappa shape index (κ2) is 8.29. The number of amides is 1. The van der Waals surface area contributed by atoms with Gasteiger partial charge in [-0.05, 0) is 45.2 Å². The molecule has 0 radical (unpaired) electrons. The van der Waals surface area contributed by atoms with Gasteiger partial charge in [-0.3, -0.25) is 9.69 Å². The highest BCUT2D eigenvalue weighted by Crippen LogP contribution is 2.35. The Bertz CT molecular complexity index is 666. The summed E-state index contributed by atoms with van der Waals surface area (Å²) in [4.78, 5) is 43.6. The van der Waals surface area contributed by atoms with Gasteiger partial charge in [-0.1, -0.05) is 11.6 Å². The summed E-state index contributed by atoms with van der Waals surface area (Å²) < 4.78 is 10.2. The second-order valence-electron chi connectivity index (χ2n) is 5.56. The number of halogens is 1. The molecule has 1 atom stereocenters. The second-order valence-corrected chi connectivity index (χ2v) is 5.92. The zero-order valence-electron chi connectivity index (χ0n) is 14.3. The molecular weight excluding hydrogens is 348 g/mol. The van der Waals surface area contributed by atoms with E-state index in [1.807, 2.05) is 0 Å². The molecule has 1 unspecified atom stereocenters. The molecule has 1 amide bonds. The van der Waals surface area contributed by atoms with Crippen molar-refractivity contribution in [1.82, 2.24) is 9.88 Å². The summed E-state index contributed by atoms with van der Waals surface area (Å²) in [6, 6.07) is 3.03. The van der Waals surface area contributed by atoms with Gasteiger partial charge in [0.2, 0.25) is 11.3 Å². The number of ether oxygens (including phenoxy) is 2. The monoisotopic (exact) mass is 368 g/mol. The maximum Gasteiger partial charge on any atom is 0.411 e. The molecule has 1 aliphatic rings. The van der Waals surface area contributed by atoms with Crippen molar-refractivity contribution in [3.63, 3.8) is 0 Å². The van der Waals surface area contributed by atoms with Crippen LogP contribution in [-0.4, -0.2) is 53.0 Å². The number of rotatable bonds is 5. The summed E-state index contributed by atoms with van der Waals surface area (Å²) >= 11 is 6.05. The van der Waals surface area contributed by atoms with Crippen molar-refractivity contribution < 1.29 is 23.9 Å². The minimum absolute atomic E-state index is 0.0226. The molecule has 1 aromatic rings. The van der Waals surface area contributed by atoms with Crippen molar-refractivity contribution in [2.75, 3.05) is 19.8 Å². The minimum atomic E-state index is -1.78. The van der Waals surface area contributed by atoms with Crippen LogP contribution in [0.1, 0.15) is 43.5 Å². The Labute approximate surface area is 151 Å². The molecular formula is C17H21ClN2O5. The Morgan fingerprint density at radius 1 is 1.24 bits per heavy atom. The van der Waals surface area contributed by atoms with Crippen molar-refractivity contribution in [2.45, 2.75) is 38.6 Å². The van der Waals surface area contributed by atoms with E-state index in [0.29, 0.717) is 12.8 Å². The fraction of sp³-hybridized carbons (Fsp3) is 0.529. The van der Waals surface area contributed by atoms with Gasteiger partial charge in [0.15, 0.2) is 0 Å². The minimum Gasteiger partial charge on any atom is -0.464 e. The lowest BCUT2D eigenvalue weighted by Crippen LogP contribution is -2.64. The average Bonchev–Trinajstić information content (AvgIpc) is 2.61. The van der Waals surface area contributed by atoms with Crippen LogP contribution in [0.15, 0.2) is 18.3 Å². The van der Waals surface area contributed by atoms with Crippen LogP contribution in [-0.2, 0) is 14.3 Å². The zero-order valence-corrected chi connectivity index (χ0v) is 15.0. The molecule has 0 aliphatic carbocycles. The van der Waals surface area contributed by atoms with E-state index in [9.17, 15) is 14.4 Å². The molecule has 2 rings (SSSR count). The smallest absolute Gasteiger partial charge is 0.411 e. The largest absolute Gasteiger partial charge is 0.464 e. The number of pyridine rings is 1. The molecule has 1 aromatic heterocycles. The van der Waals surface area contributed by atoms with Gasteiger partial charge in [0, 0.05) is 12.7 Å². The van der Waals surface area contributed by atoms with Gasteiger partial charge in [0.05, 0.1) is 18.8 Å². The number of aromatic nitrogens is 1. The number of nitrogens with zero attached hydrogens (tertiary/aromatic N) is 2. The highest BCUT2D eigenvalue weighted by atomic mass is 35.5. The molecule has 25 heavy (non-hydrogen) atoms. The first-order valence-electron chi connectivity index (χ1n) is 8.26. The van der Waals surface area contributed by atoms with E-state index < -0.39 is 23.4 Å². The predicted molar refractivity (Wildman–Crippen MR) is 90.5 cm³/mol. The van der Waals surface area contributed by atoms with Crippen LogP contribution in [0.2, 0.25) is 5.15 Å². The van der Waals surface area contributed by atoms with E-state index in [1.165, 1.54) is 17.2 Å². The molecule has 2 heterocycles. The Morgan fingerprint density at radius 2 is 1.96 bits per heavy atom. The average molecular weight is 369 g/mol. The number of esters is 1. The van der Waals surface area contributed by atoms with Gasteiger partial charge in [-0.25, -0.2) is 14.6 Å². The first-order valence-corrected chi connectivity index (χ1v) is 8.63. The van der Waals surface area contributed by atoms with E-state index in [0.717, 1.165) is 0 Å². The zero-order chi connectivity index (χ0) is 18.4. The van der Waals surface area contributed by atoms with E-state index in [4.69, 9.17) is 21.1 Å². The molecule has 0 N–H and O–H groups in total. The Kier molecular flexibility index (Phi) is 6.36. The standard InChI is InChI=1S/C17H21ClN2O5/c1-3-24-15(22)17(13(21)12-8-7-10-19-14(12)18)9-5-6-11-20(17)16(23)25-4-2/h7-8,10H,3-6,9,11H2,1-2H3. The van der Waals surface area contributed by atoms with Crippen LogP contribution >= 0.6 is 11.6 Å². The molecule has 0 aromatic carbocycles. The van der Waals surface area contributed by atoms with Crippen LogP contribution in [0.4, 0.5) is 4.79 Å². The van der Waals surface area contributed by atoms with Crippen molar-refractivity contribution in [2.24, 2.45) is 0 Å². The van der Waals surface area contributed by atoms with Crippen LogP contribution < -0.4 is 0 Å². The van der Waals surface area contributed by atoms with Crippen LogP contribution in [0.3, 0.4) is 0 Å². The van der Waals surface area contributed by atoms with Gasteiger partial charge in [-0.15, -0.1) is 0 Å². The summed E-state index contributed by atoms with van der Waals surface area (Å²) in [5.41, 5.74) is -1.71. The lowest BCUT2D eigenvalue weighted by molar-refractivity contribution is -0.155. The lowest BCUT2D eigenvalue weighted by Gasteiger charge is -2.42. The molecule has 0 bridgehead atoms.